The molecule has 2 heterocycles. The number of nitrogens with zero attached hydrogens (tertiary/aromatic N) is 5. The third-order valence-corrected chi connectivity index (χ3v) is 1.22. The smallest absolute Gasteiger partial charge is 0.183 e. The third-order valence-electron chi connectivity index (χ3n) is 1.22. The Morgan fingerprint density at radius 2 is 1.83 bits per heavy atom. The standard InChI is InChI=1S/C7H4N5/c1-2-10-6(3-8-1)7-11-4-9-5-12-7/h1-2,4-5H. The van der Waals surface area contributed by atoms with Crippen LogP contribution in [0.1, 0.15) is 0 Å². The Morgan fingerprint density at radius 3 is 2.50 bits per heavy atom. The number of hydrogen-bond donors (Lipinski definition) is 0. The van der Waals surface area contributed by atoms with E-state index >= 15 is 0 Å². The fourth-order valence-electron chi connectivity index (χ4n) is 0.738. The van der Waals surface area contributed by atoms with Crippen LogP contribution in [0, 0.1) is 6.20 Å². The van der Waals surface area contributed by atoms with E-state index in [0.717, 1.165) is 0 Å². The Hall–Kier alpha value is -1.91. The van der Waals surface area contributed by atoms with E-state index < -0.39 is 0 Å². The lowest BCUT2D eigenvalue weighted by atomic mass is 10.4. The maximum atomic E-state index is 3.98. The van der Waals surface area contributed by atoms with Gasteiger partial charge in [-0.25, -0.2) is 19.9 Å². The highest BCUT2D eigenvalue weighted by molar-refractivity contribution is 5.44. The highest BCUT2D eigenvalue weighted by Crippen LogP contribution is 2.04. The quantitative estimate of drug-likeness (QED) is 0.590. The van der Waals surface area contributed by atoms with Crippen molar-refractivity contribution in [3.05, 3.63) is 31.2 Å². The van der Waals surface area contributed by atoms with Crippen molar-refractivity contribution in [3.8, 4) is 11.5 Å². The summed E-state index contributed by atoms with van der Waals surface area (Å²) in [7, 11) is 0. The van der Waals surface area contributed by atoms with Gasteiger partial charge in [0.05, 0.1) is 0 Å². The molecule has 57 valence electrons. The average Bonchev–Trinajstić information content (AvgIpc) is 2.21. The summed E-state index contributed by atoms with van der Waals surface area (Å²) in [5.74, 6) is 0.484. The minimum atomic E-state index is 0.484. The van der Waals surface area contributed by atoms with E-state index in [9.17, 15) is 0 Å². The second-order valence-corrected chi connectivity index (χ2v) is 1.98. The van der Waals surface area contributed by atoms with Gasteiger partial charge in [-0.15, -0.1) is 0 Å². The van der Waals surface area contributed by atoms with Gasteiger partial charge in [0, 0.05) is 12.4 Å². The molecule has 2 rings (SSSR count). The molecule has 0 saturated carbocycles. The largest absolute Gasteiger partial charge is 0.250 e. The lowest BCUT2D eigenvalue weighted by molar-refractivity contribution is 1.03. The Bertz CT molecular complexity index is 309. The van der Waals surface area contributed by atoms with Gasteiger partial charge in [-0.1, -0.05) is 0 Å². The third kappa shape index (κ3) is 1.24. The molecule has 12 heavy (non-hydrogen) atoms. The Labute approximate surface area is 68.6 Å². The van der Waals surface area contributed by atoms with Crippen LogP contribution in [0.3, 0.4) is 0 Å². The second-order valence-electron chi connectivity index (χ2n) is 1.98. The second kappa shape index (κ2) is 3.00. The molecule has 0 aliphatic carbocycles. The number of hydrogen-bond acceptors (Lipinski definition) is 5. The van der Waals surface area contributed by atoms with E-state index in [2.05, 4.69) is 31.1 Å². The van der Waals surface area contributed by atoms with Crippen LogP contribution in [-0.2, 0) is 0 Å². The Kier molecular flexibility index (Phi) is 1.69. The summed E-state index contributed by atoms with van der Waals surface area (Å²) in [5.41, 5.74) is 0.528. The predicted molar refractivity (Wildman–Crippen MR) is 39.7 cm³/mol. The summed E-state index contributed by atoms with van der Waals surface area (Å²) in [6, 6.07) is 0. The molecule has 5 nitrogen and oxygen atoms in total. The molecule has 2 aromatic rings. The van der Waals surface area contributed by atoms with Gasteiger partial charge in [0.1, 0.15) is 24.5 Å². The zero-order valence-electron chi connectivity index (χ0n) is 6.05. The van der Waals surface area contributed by atoms with E-state index in [1.54, 1.807) is 12.4 Å². The molecule has 2 aromatic heterocycles. The number of rotatable bonds is 1. The van der Waals surface area contributed by atoms with Gasteiger partial charge < -0.3 is 0 Å². The van der Waals surface area contributed by atoms with Gasteiger partial charge in [-0.3, -0.25) is 4.98 Å². The van der Waals surface area contributed by atoms with Crippen LogP contribution in [0.25, 0.3) is 11.5 Å². The van der Waals surface area contributed by atoms with Gasteiger partial charge >= 0.3 is 0 Å². The molecular formula is C7H4N5. The molecule has 0 spiro atoms. The van der Waals surface area contributed by atoms with Crippen molar-refractivity contribution in [2.45, 2.75) is 0 Å². The van der Waals surface area contributed by atoms with E-state index in [1.807, 2.05) is 0 Å². The lowest BCUT2D eigenvalue weighted by Crippen LogP contribution is -1.92. The van der Waals surface area contributed by atoms with Crippen molar-refractivity contribution in [2.75, 3.05) is 0 Å². The Balaban J connectivity index is 2.46. The first-order chi connectivity index (χ1) is 5.97. The minimum absolute atomic E-state index is 0.484. The van der Waals surface area contributed by atoms with E-state index in [4.69, 9.17) is 0 Å². The van der Waals surface area contributed by atoms with Gasteiger partial charge in [0.15, 0.2) is 5.82 Å². The Morgan fingerprint density at radius 1 is 1.00 bits per heavy atom. The summed E-state index contributed by atoms with van der Waals surface area (Å²) in [5, 5.41) is 0. The topological polar surface area (TPSA) is 64.5 Å². The first-order valence-corrected chi connectivity index (χ1v) is 3.28. The maximum Gasteiger partial charge on any atom is 0.183 e. The van der Waals surface area contributed by atoms with Crippen LogP contribution in [0.2, 0.25) is 0 Å². The molecule has 5 heteroatoms. The lowest BCUT2D eigenvalue weighted by Gasteiger charge is -1.93. The normalized spacial score (nSPS) is 9.67. The van der Waals surface area contributed by atoms with Crippen LogP contribution in [-0.4, -0.2) is 24.9 Å². The van der Waals surface area contributed by atoms with E-state index in [1.165, 1.54) is 12.7 Å². The van der Waals surface area contributed by atoms with Crippen LogP contribution < -0.4 is 0 Å². The van der Waals surface area contributed by atoms with Gasteiger partial charge in [0.25, 0.3) is 0 Å². The van der Waals surface area contributed by atoms with Crippen molar-refractivity contribution in [1.82, 2.24) is 24.9 Å². The molecule has 0 aliphatic heterocycles. The van der Waals surface area contributed by atoms with Crippen LogP contribution in [0.4, 0.5) is 0 Å². The molecule has 0 saturated heterocycles. The van der Waals surface area contributed by atoms with Crippen molar-refractivity contribution >= 4 is 0 Å². The zero-order valence-corrected chi connectivity index (χ0v) is 6.05. The van der Waals surface area contributed by atoms with Crippen molar-refractivity contribution in [2.24, 2.45) is 0 Å². The summed E-state index contributed by atoms with van der Waals surface area (Å²) >= 11 is 0. The van der Waals surface area contributed by atoms with Gasteiger partial charge in [-0.2, -0.15) is 0 Å². The highest BCUT2D eigenvalue weighted by Gasteiger charge is 1.99. The molecule has 0 amide bonds. The fourth-order valence-corrected chi connectivity index (χ4v) is 0.738. The molecule has 0 fully saturated rings. The first kappa shape index (κ1) is 6.78. The molecule has 0 unspecified atom stereocenters. The van der Waals surface area contributed by atoms with Crippen molar-refractivity contribution in [3.63, 3.8) is 0 Å². The molecular weight excluding hydrogens is 154 g/mol. The van der Waals surface area contributed by atoms with Crippen LogP contribution >= 0.6 is 0 Å². The molecule has 0 bridgehead atoms. The predicted octanol–water partition coefficient (Wildman–Crippen LogP) is 0.129. The zero-order chi connectivity index (χ0) is 8.23. The van der Waals surface area contributed by atoms with E-state index in [0.29, 0.717) is 11.5 Å². The van der Waals surface area contributed by atoms with Gasteiger partial charge in [-0.05, 0) is 0 Å². The minimum Gasteiger partial charge on any atom is -0.250 e. The van der Waals surface area contributed by atoms with Gasteiger partial charge in [0.2, 0.25) is 0 Å². The molecule has 1 radical (unpaired) electrons. The van der Waals surface area contributed by atoms with E-state index in [-0.39, 0.29) is 0 Å². The summed E-state index contributed by atoms with van der Waals surface area (Å²) < 4.78 is 0. The molecule has 0 aromatic carbocycles. The first-order valence-electron chi connectivity index (χ1n) is 3.28. The summed E-state index contributed by atoms with van der Waals surface area (Å²) in [4.78, 5) is 19.2. The maximum absolute atomic E-state index is 3.98. The molecule has 0 atom stereocenters. The fraction of sp³-hybridized carbons (Fsp3) is 0. The highest BCUT2D eigenvalue weighted by atomic mass is 15.0. The number of aromatic nitrogens is 5. The average molecular weight is 158 g/mol. The SMILES string of the molecule is [c]1nccnc1-c1ncncn1. The molecule has 0 N–H and O–H groups in total. The summed E-state index contributed by atoms with van der Waals surface area (Å²) in [6.07, 6.45) is 8.60. The summed E-state index contributed by atoms with van der Waals surface area (Å²) in [6.45, 7) is 0. The van der Waals surface area contributed by atoms with Crippen molar-refractivity contribution in [1.29, 1.82) is 0 Å². The monoisotopic (exact) mass is 158 g/mol. The van der Waals surface area contributed by atoms with Crippen molar-refractivity contribution < 1.29 is 0 Å². The van der Waals surface area contributed by atoms with Crippen LogP contribution in [0.5, 0.6) is 0 Å². The molecule has 0 aliphatic rings. The van der Waals surface area contributed by atoms with Crippen LogP contribution in [0.15, 0.2) is 25.0 Å².